The summed E-state index contributed by atoms with van der Waals surface area (Å²) in [7, 11) is 1.83. The lowest BCUT2D eigenvalue weighted by atomic mass is 10.1. The molecule has 2 N–H and O–H groups in total. The molecule has 1 aliphatic carbocycles. The third-order valence-corrected chi connectivity index (χ3v) is 2.90. The lowest BCUT2D eigenvalue weighted by Gasteiger charge is -2.05. The highest BCUT2D eigenvalue weighted by Crippen LogP contribution is 2.41. The van der Waals surface area contributed by atoms with Gasteiger partial charge >= 0.3 is 0 Å². The summed E-state index contributed by atoms with van der Waals surface area (Å²) in [6.07, 6.45) is 2.53. The molecule has 0 bridgehead atoms. The van der Waals surface area contributed by atoms with E-state index in [9.17, 15) is 0 Å². The molecular formula is C11H13N5. The number of nitrogens with two attached hydrogens (primary N) is 1. The molecule has 0 unspecified atom stereocenters. The fourth-order valence-corrected chi connectivity index (χ4v) is 1.93. The number of hydrogen-bond donors (Lipinski definition) is 1. The first-order chi connectivity index (χ1) is 7.74. The number of anilines is 1. The van der Waals surface area contributed by atoms with Crippen LogP contribution < -0.4 is 5.73 Å². The van der Waals surface area contributed by atoms with Crippen molar-refractivity contribution in [2.75, 3.05) is 5.73 Å². The summed E-state index contributed by atoms with van der Waals surface area (Å²) in [5.41, 5.74) is 8.98. The van der Waals surface area contributed by atoms with Gasteiger partial charge in [-0.2, -0.15) is 0 Å². The normalized spacial score (nSPS) is 15.3. The minimum atomic E-state index is 0.684. The third kappa shape index (κ3) is 1.54. The highest BCUT2D eigenvalue weighted by Gasteiger charge is 2.24. The Morgan fingerprint density at radius 3 is 2.75 bits per heavy atom. The van der Waals surface area contributed by atoms with E-state index in [1.54, 1.807) is 4.68 Å². The van der Waals surface area contributed by atoms with Crippen LogP contribution in [-0.4, -0.2) is 20.2 Å². The van der Waals surface area contributed by atoms with Crippen molar-refractivity contribution in [2.45, 2.75) is 18.8 Å². The van der Waals surface area contributed by atoms with Crippen LogP contribution in [0.25, 0.3) is 11.4 Å². The van der Waals surface area contributed by atoms with Crippen LogP contribution in [0.1, 0.15) is 24.3 Å². The number of nitrogens with zero attached hydrogens (tertiary/aromatic N) is 4. The Morgan fingerprint density at radius 2 is 2.12 bits per heavy atom. The molecule has 1 heterocycles. The average molecular weight is 215 g/mol. The molecule has 1 saturated carbocycles. The van der Waals surface area contributed by atoms with E-state index in [-0.39, 0.29) is 0 Å². The predicted octanol–water partition coefficient (Wildman–Crippen LogP) is 1.34. The van der Waals surface area contributed by atoms with Crippen LogP contribution in [0.2, 0.25) is 0 Å². The van der Waals surface area contributed by atoms with Crippen LogP contribution in [-0.2, 0) is 7.05 Å². The number of tetrazole rings is 1. The molecule has 1 aromatic carbocycles. The molecule has 0 saturated heterocycles. The maximum Gasteiger partial charge on any atom is 0.181 e. The minimum absolute atomic E-state index is 0.684. The Balaban J connectivity index is 2.10. The van der Waals surface area contributed by atoms with Crippen LogP contribution in [0.4, 0.5) is 5.69 Å². The van der Waals surface area contributed by atoms with Crippen LogP contribution in [0.3, 0.4) is 0 Å². The van der Waals surface area contributed by atoms with Gasteiger partial charge in [0.05, 0.1) is 0 Å². The van der Waals surface area contributed by atoms with Gasteiger partial charge in [-0.3, -0.25) is 0 Å². The summed E-state index contributed by atoms with van der Waals surface area (Å²) < 4.78 is 1.66. The maximum absolute atomic E-state index is 5.90. The summed E-state index contributed by atoms with van der Waals surface area (Å²) >= 11 is 0. The van der Waals surface area contributed by atoms with Gasteiger partial charge < -0.3 is 5.73 Å². The van der Waals surface area contributed by atoms with E-state index in [2.05, 4.69) is 21.6 Å². The molecule has 0 amide bonds. The smallest absolute Gasteiger partial charge is 0.181 e. The fraction of sp³-hybridized carbons (Fsp3) is 0.364. The standard InChI is InChI=1S/C11H13N5/c1-16-11(13-14-15-16)9-4-8(7-2-3-7)5-10(12)6-9/h4-7H,2-3,12H2,1H3. The number of benzene rings is 1. The average Bonchev–Trinajstić information content (AvgIpc) is 3.01. The monoisotopic (exact) mass is 215 g/mol. The van der Waals surface area contributed by atoms with Crippen molar-refractivity contribution in [1.82, 2.24) is 20.2 Å². The summed E-state index contributed by atoms with van der Waals surface area (Å²) in [5, 5.41) is 11.5. The van der Waals surface area contributed by atoms with E-state index in [0.29, 0.717) is 5.92 Å². The second kappa shape index (κ2) is 3.30. The molecule has 0 atom stereocenters. The first-order valence-corrected chi connectivity index (χ1v) is 5.37. The topological polar surface area (TPSA) is 69.6 Å². The molecule has 0 spiro atoms. The molecule has 0 aliphatic heterocycles. The fourth-order valence-electron chi connectivity index (χ4n) is 1.93. The molecule has 3 rings (SSSR count). The highest BCUT2D eigenvalue weighted by atomic mass is 15.5. The van der Waals surface area contributed by atoms with E-state index in [4.69, 9.17) is 5.73 Å². The van der Waals surface area contributed by atoms with E-state index < -0.39 is 0 Å². The third-order valence-electron chi connectivity index (χ3n) is 2.90. The van der Waals surface area contributed by atoms with Crippen molar-refractivity contribution < 1.29 is 0 Å². The van der Waals surface area contributed by atoms with Gasteiger partial charge in [-0.25, -0.2) is 4.68 Å². The molecule has 5 nitrogen and oxygen atoms in total. The van der Waals surface area contributed by atoms with Crippen molar-refractivity contribution in [3.05, 3.63) is 23.8 Å². The molecule has 1 fully saturated rings. The van der Waals surface area contributed by atoms with E-state index in [1.165, 1.54) is 18.4 Å². The molecule has 2 aromatic rings. The molecule has 1 aliphatic rings. The van der Waals surface area contributed by atoms with Crippen molar-refractivity contribution in [2.24, 2.45) is 7.05 Å². The zero-order valence-corrected chi connectivity index (χ0v) is 9.09. The van der Waals surface area contributed by atoms with Crippen LogP contribution >= 0.6 is 0 Å². The molecule has 16 heavy (non-hydrogen) atoms. The van der Waals surface area contributed by atoms with E-state index in [1.807, 2.05) is 19.2 Å². The molecule has 82 valence electrons. The van der Waals surface area contributed by atoms with Crippen molar-refractivity contribution in [3.8, 4) is 11.4 Å². The summed E-state index contributed by atoms with van der Waals surface area (Å²) in [4.78, 5) is 0. The second-order valence-corrected chi connectivity index (χ2v) is 4.29. The van der Waals surface area contributed by atoms with Gasteiger partial charge in [0.25, 0.3) is 0 Å². The van der Waals surface area contributed by atoms with Gasteiger partial charge in [-0.1, -0.05) is 0 Å². The van der Waals surface area contributed by atoms with Gasteiger partial charge in [0.15, 0.2) is 5.82 Å². The Kier molecular flexibility index (Phi) is 1.92. The van der Waals surface area contributed by atoms with Crippen LogP contribution in [0.15, 0.2) is 18.2 Å². The first kappa shape index (κ1) is 9.33. The molecule has 0 radical (unpaired) electrons. The molecule has 5 heteroatoms. The number of aromatic nitrogens is 4. The Hall–Kier alpha value is -1.91. The van der Waals surface area contributed by atoms with Crippen molar-refractivity contribution >= 4 is 5.69 Å². The van der Waals surface area contributed by atoms with Crippen LogP contribution in [0, 0.1) is 0 Å². The van der Waals surface area contributed by atoms with Gasteiger partial charge in [0, 0.05) is 18.3 Å². The van der Waals surface area contributed by atoms with E-state index in [0.717, 1.165) is 17.1 Å². The van der Waals surface area contributed by atoms with Gasteiger partial charge in [-0.05, 0) is 52.9 Å². The summed E-state index contributed by atoms with van der Waals surface area (Å²) in [6, 6.07) is 6.10. The zero-order chi connectivity index (χ0) is 11.1. The molecule has 1 aromatic heterocycles. The predicted molar refractivity (Wildman–Crippen MR) is 60.6 cm³/mol. The number of hydrogen-bond acceptors (Lipinski definition) is 4. The Morgan fingerprint density at radius 1 is 1.31 bits per heavy atom. The van der Waals surface area contributed by atoms with E-state index >= 15 is 0 Å². The number of rotatable bonds is 2. The zero-order valence-electron chi connectivity index (χ0n) is 9.09. The largest absolute Gasteiger partial charge is 0.399 e. The van der Waals surface area contributed by atoms with Crippen LogP contribution in [0.5, 0.6) is 0 Å². The SMILES string of the molecule is Cn1nnnc1-c1cc(N)cc(C2CC2)c1. The Labute approximate surface area is 93.3 Å². The van der Waals surface area contributed by atoms with Crippen molar-refractivity contribution in [3.63, 3.8) is 0 Å². The maximum atomic E-state index is 5.90. The summed E-state index contributed by atoms with van der Waals surface area (Å²) in [5.74, 6) is 1.44. The highest BCUT2D eigenvalue weighted by molar-refractivity contribution is 5.63. The quantitative estimate of drug-likeness (QED) is 0.767. The first-order valence-electron chi connectivity index (χ1n) is 5.37. The Bertz CT molecular complexity index is 527. The molecular weight excluding hydrogens is 202 g/mol. The number of nitrogen functional groups attached to an aromatic ring is 1. The number of aryl methyl sites for hydroxylation is 1. The van der Waals surface area contributed by atoms with Crippen molar-refractivity contribution in [1.29, 1.82) is 0 Å². The summed E-state index contributed by atoms with van der Waals surface area (Å²) in [6.45, 7) is 0. The second-order valence-electron chi connectivity index (χ2n) is 4.29. The van der Waals surface area contributed by atoms with Gasteiger partial charge in [0.1, 0.15) is 0 Å². The lowest BCUT2D eigenvalue weighted by molar-refractivity contribution is 0.714. The van der Waals surface area contributed by atoms with Gasteiger partial charge in [-0.15, -0.1) is 5.10 Å². The minimum Gasteiger partial charge on any atom is -0.399 e. The van der Waals surface area contributed by atoms with Gasteiger partial charge in [0.2, 0.25) is 0 Å². The lowest BCUT2D eigenvalue weighted by Crippen LogP contribution is -1.97.